The molecule has 6 heteroatoms. The van der Waals surface area contributed by atoms with E-state index in [4.69, 9.17) is 11.6 Å². The standard InChI is InChI=1S/C7H13N3O3/c1-6(10-12)3-2-4-7(6,8)5(11)13-9/h2-4,8-9H2,1H3/t6-,7-/m0/s1. The summed E-state index contributed by atoms with van der Waals surface area (Å²) in [6.07, 6.45) is 1.54. The second-order valence-corrected chi connectivity index (χ2v) is 3.60. The topological polar surface area (TPSA) is 108 Å². The Hall–Kier alpha value is -1.01. The Morgan fingerprint density at radius 1 is 1.54 bits per heavy atom. The van der Waals surface area contributed by atoms with Crippen LogP contribution in [0.25, 0.3) is 0 Å². The van der Waals surface area contributed by atoms with Crippen molar-refractivity contribution < 1.29 is 9.63 Å². The van der Waals surface area contributed by atoms with Gasteiger partial charge in [0, 0.05) is 0 Å². The second-order valence-electron chi connectivity index (χ2n) is 3.60. The molecule has 4 N–H and O–H groups in total. The zero-order valence-electron chi connectivity index (χ0n) is 7.45. The molecule has 0 heterocycles. The van der Waals surface area contributed by atoms with E-state index in [0.29, 0.717) is 19.3 Å². The van der Waals surface area contributed by atoms with E-state index in [1.807, 2.05) is 0 Å². The van der Waals surface area contributed by atoms with E-state index in [2.05, 4.69) is 10.0 Å². The van der Waals surface area contributed by atoms with Gasteiger partial charge in [0.2, 0.25) is 0 Å². The fourth-order valence-corrected chi connectivity index (χ4v) is 1.76. The molecule has 0 aromatic heterocycles. The molecule has 0 aromatic carbocycles. The van der Waals surface area contributed by atoms with Crippen LogP contribution in [0.4, 0.5) is 0 Å². The van der Waals surface area contributed by atoms with Crippen LogP contribution in [0.3, 0.4) is 0 Å². The van der Waals surface area contributed by atoms with Crippen LogP contribution in [0, 0.1) is 4.91 Å². The molecule has 6 nitrogen and oxygen atoms in total. The highest BCUT2D eigenvalue weighted by atomic mass is 16.7. The molecule has 74 valence electrons. The van der Waals surface area contributed by atoms with Crippen molar-refractivity contribution in [2.75, 3.05) is 0 Å². The highest BCUT2D eigenvalue weighted by Gasteiger charge is 2.57. The van der Waals surface area contributed by atoms with Crippen molar-refractivity contribution in [2.45, 2.75) is 37.3 Å². The maximum absolute atomic E-state index is 11.2. The zero-order valence-corrected chi connectivity index (χ0v) is 7.45. The van der Waals surface area contributed by atoms with Crippen molar-refractivity contribution in [2.24, 2.45) is 16.8 Å². The van der Waals surface area contributed by atoms with Crippen LogP contribution in [0.2, 0.25) is 0 Å². The number of nitroso groups, excluding NO2 is 1. The molecule has 1 saturated carbocycles. The summed E-state index contributed by atoms with van der Waals surface area (Å²) in [6.45, 7) is 1.55. The lowest BCUT2D eigenvalue weighted by atomic mass is 9.83. The summed E-state index contributed by atoms with van der Waals surface area (Å²) >= 11 is 0. The van der Waals surface area contributed by atoms with Crippen molar-refractivity contribution in [3.8, 4) is 0 Å². The van der Waals surface area contributed by atoms with Crippen molar-refractivity contribution in [3.05, 3.63) is 4.91 Å². The third-order valence-corrected chi connectivity index (χ3v) is 2.87. The average molecular weight is 187 g/mol. The molecule has 1 aliphatic carbocycles. The Kier molecular flexibility index (Phi) is 2.36. The quantitative estimate of drug-likeness (QED) is 0.460. The Morgan fingerprint density at radius 2 is 2.15 bits per heavy atom. The molecule has 13 heavy (non-hydrogen) atoms. The summed E-state index contributed by atoms with van der Waals surface area (Å²) in [5, 5.41) is 2.91. The zero-order chi connectivity index (χ0) is 10.1. The monoisotopic (exact) mass is 187 g/mol. The van der Waals surface area contributed by atoms with E-state index in [-0.39, 0.29) is 0 Å². The van der Waals surface area contributed by atoms with Crippen LogP contribution in [0.1, 0.15) is 26.2 Å². The Bertz CT molecular complexity index is 245. The predicted octanol–water partition coefficient (Wildman–Crippen LogP) is -0.190. The molecule has 0 bridgehead atoms. The molecule has 0 aromatic rings. The van der Waals surface area contributed by atoms with Crippen LogP contribution < -0.4 is 11.6 Å². The molecule has 1 aliphatic rings. The number of hydrogen-bond acceptors (Lipinski definition) is 6. The summed E-state index contributed by atoms with van der Waals surface area (Å²) in [5.41, 5.74) is 3.30. The molecule has 1 rings (SSSR count). The van der Waals surface area contributed by atoms with Gasteiger partial charge in [-0.1, -0.05) is 5.18 Å². The summed E-state index contributed by atoms with van der Waals surface area (Å²) in [6, 6.07) is 0. The number of nitrogens with two attached hydrogens (primary N) is 2. The van der Waals surface area contributed by atoms with Gasteiger partial charge in [0.15, 0.2) is 0 Å². The number of nitrogens with zero attached hydrogens (tertiary/aromatic N) is 1. The number of rotatable bonds is 2. The van der Waals surface area contributed by atoms with Gasteiger partial charge < -0.3 is 10.6 Å². The SMILES string of the molecule is C[C@]1(N=O)CCC[C@]1(N)C(=O)ON. The lowest BCUT2D eigenvalue weighted by Gasteiger charge is -2.31. The van der Waals surface area contributed by atoms with Crippen LogP contribution in [-0.2, 0) is 9.63 Å². The fraction of sp³-hybridized carbons (Fsp3) is 0.857. The van der Waals surface area contributed by atoms with E-state index in [9.17, 15) is 9.70 Å². The molecule has 0 radical (unpaired) electrons. The molecule has 0 amide bonds. The minimum Gasteiger partial charge on any atom is -0.372 e. The second kappa shape index (κ2) is 3.04. The van der Waals surface area contributed by atoms with Gasteiger partial charge in [-0.25, -0.2) is 4.79 Å². The molecule has 0 spiro atoms. The molecule has 1 fully saturated rings. The number of carbonyl (C=O) groups excluding carboxylic acids is 1. The van der Waals surface area contributed by atoms with E-state index >= 15 is 0 Å². The van der Waals surface area contributed by atoms with Crippen molar-refractivity contribution >= 4 is 5.97 Å². The average Bonchev–Trinajstić information content (AvgIpc) is 2.44. The van der Waals surface area contributed by atoms with Crippen LogP contribution >= 0.6 is 0 Å². The number of hydrogen-bond donors (Lipinski definition) is 2. The first-order chi connectivity index (χ1) is 6.00. The number of carbonyl (C=O) groups is 1. The molecular formula is C7H13N3O3. The highest BCUT2D eigenvalue weighted by molar-refractivity contribution is 5.83. The predicted molar refractivity (Wildman–Crippen MR) is 45.2 cm³/mol. The van der Waals surface area contributed by atoms with E-state index in [0.717, 1.165) is 0 Å². The van der Waals surface area contributed by atoms with Gasteiger partial charge in [0.05, 0.1) is 0 Å². The summed E-state index contributed by atoms with van der Waals surface area (Å²) < 4.78 is 0. The molecule has 0 unspecified atom stereocenters. The first-order valence-corrected chi connectivity index (χ1v) is 4.05. The minimum absolute atomic E-state index is 0.380. The van der Waals surface area contributed by atoms with Crippen LogP contribution in [0.5, 0.6) is 0 Å². The van der Waals surface area contributed by atoms with Crippen LogP contribution in [0.15, 0.2) is 5.18 Å². The van der Waals surface area contributed by atoms with Gasteiger partial charge in [0.25, 0.3) is 0 Å². The summed E-state index contributed by atoms with van der Waals surface area (Å²) in [4.78, 5) is 25.9. The van der Waals surface area contributed by atoms with E-state index in [1.165, 1.54) is 0 Å². The van der Waals surface area contributed by atoms with Gasteiger partial charge in [-0.2, -0.15) is 10.8 Å². The van der Waals surface area contributed by atoms with Crippen molar-refractivity contribution in [1.82, 2.24) is 0 Å². The Labute approximate surface area is 75.5 Å². The van der Waals surface area contributed by atoms with Gasteiger partial charge in [-0.15, -0.1) is 0 Å². The van der Waals surface area contributed by atoms with Gasteiger partial charge >= 0.3 is 5.97 Å². The highest BCUT2D eigenvalue weighted by Crippen LogP contribution is 2.40. The minimum atomic E-state index is -1.36. The normalized spacial score (nSPS) is 38.7. The maximum atomic E-state index is 11.2. The van der Waals surface area contributed by atoms with Crippen molar-refractivity contribution in [1.29, 1.82) is 0 Å². The third kappa shape index (κ3) is 1.22. The van der Waals surface area contributed by atoms with Gasteiger partial charge in [0.1, 0.15) is 11.1 Å². The lowest BCUT2D eigenvalue weighted by Crippen LogP contribution is -2.60. The van der Waals surface area contributed by atoms with Crippen molar-refractivity contribution in [3.63, 3.8) is 0 Å². The Balaban J connectivity index is 3.00. The Morgan fingerprint density at radius 3 is 2.62 bits per heavy atom. The fourth-order valence-electron chi connectivity index (χ4n) is 1.76. The van der Waals surface area contributed by atoms with E-state index < -0.39 is 17.0 Å². The first kappa shape index (κ1) is 10.1. The smallest absolute Gasteiger partial charge is 0.347 e. The van der Waals surface area contributed by atoms with Gasteiger partial charge in [-0.05, 0) is 26.2 Å². The first-order valence-electron chi connectivity index (χ1n) is 4.05. The summed E-state index contributed by atoms with van der Waals surface area (Å²) in [7, 11) is 0. The summed E-state index contributed by atoms with van der Waals surface area (Å²) in [5.74, 6) is 3.97. The third-order valence-electron chi connectivity index (χ3n) is 2.87. The maximum Gasteiger partial charge on any atom is 0.347 e. The largest absolute Gasteiger partial charge is 0.372 e. The van der Waals surface area contributed by atoms with Gasteiger partial charge in [-0.3, -0.25) is 0 Å². The molecular weight excluding hydrogens is 174 g/mol. The lowest BCUT2D eigenvalue weighted by molar-refractivity contribution is -0.152. The molecule has 2 atom stereocenters. The van der Waals surface area contributed by atoms with Crippen LogP contribution in [-0.4, -0.2) is 17.0 Å². The molecule has 0 aliphatic heterocycles. The molecule has 0 saturated heterocycles. The van der Waals surface area contributed by atoms with E-state index in [1.54, 1.807) is 6.92 Å².